The minimum absolute atomic E-state index is 0.0582. The summed E-state index contributed by atoms with van der Waals surface area (Å²) in [6.07, 6.45) is 3.46. The van der Waals surface area contributed by atoms with E-state index in [1.54, 1.807) is 13.4 Å². The normalized spacial score (nSPS) is 18.0. The summed E-state index contributed by atoms with van der Waals surface area (Å²) in [7, 11) is 1.64. The van der Waals surface area contributed by atoms with E-state index in [2.05, 4.69) is 0 Å². The maximum Gasteiger partial charge on any atom is 0.190 e. The molecule has 1 atom stereocenters. The summed E-state index contributed by atoms with van der Waals surface area (Å²) >= 11 is 0. The van der Waals surface area contributed by atoms with Gasteiger partial charge in [0.1, 0.15) is 11.5 Å². The molecule has 0 saturated carbocycles. The first kappa shape index (κ1) is 14.5. The zero-order valence-electron chi connectivity index (χ0n) is 13.2. The molecule has 4 rings (SSSR count). The van der Waals surface area contributed by atoms with Gasteiger partial charge in [-0.15, -0.1) is 0 Å². The average molecular weight is 316 g/mol. The van der Waals surface area contributed by atoms with Crippen molar-refractivity contribution >= 4 is 11.9 Å². The first-order valence-corrected chi connectivity index (χ1v) is 7.80. The second kappa shape index (κ2) is 5.85. The van der Waals surface area contributed by atoms with Gasteiger partial charge in [-0.1, -0.05) is 36.4 Å². The standard InChI is InChI=1S/C21H16O3/c1-23-15-10-8-14(9-11-15)20-17-6-2-3-7-18(17)21(22)19(20)13-16-5-4-12-24-16/h2-13,20H,1H3/b19-13+. The van der Waals surface area contributed by atoms with Gasteiger partial charge in [-0.2, -0.15) is 0 Å². The van der Waals surface area contributed by atoms with E-state index in [0.29, 0.717) is 5.76 Å². The lowest BCUT2D eigenvalue weighted by molar-refractivity contribution is 0.103. The van der Waals surface area contributed by atoms with Gasteiger partial charge in [0.25, 0.3) is 0 Å². The number of ether oxygens (including phenoxy) is 1. The molecule has 0 radical (unpaired) electrons. The van der Waals surface area contributed by atoms with Gasteiger partial charge in [-0.05, 0) is 41.5 Å². The lowest BCUT2D eigenvalue weighted by atomic mass is 9.89. The fourth-order valence-electron chi connectivity index (χ4n) is 3.24. The molecule has 1 unspecified atom stereocenters. The number of carbonyl (C=O) groups excluding carboxylic acids is 1. The van der Waals surface area contributed by atoms with Crippen LogP contribution in [0.4, 0.5) is 0 Å². The Morgan fingerprint density at radius 1 is 1.00 bits per heavy atom. The van der Waals surface area contributed by atoms with Gasteiger partial charge in [-0.25, -0.2) is 0 Å². The second-order valence-electron chi connectivity index (χ2n) is 5.74. The topological polar surface area (TPSA) is 39.4 Å². The summed E-state index contributed by atoms with van der Waals surface area (Å²) in [6, 6.07) is 19.3. The van der Waals surface area contributed by atoms with Crippen LogP contribution in [0.5, 0.6) is 5.75 Å². The van der Waals surface area contributed by atoms with E-state index >= 15 is 0 Å². The number of hydrogen-bond donors (Lipinski definition) is 0. The maximum atomic E-state index is 12.9. The van der Waals surface area contributed by atoms with Crippen LogP contribution in [0.25, 0.3) is 6.08 Å². The molecule has 0 bridgehead atoms. The third kappa shape index (κ3) is 2.35. The highest BCUT2D eigenvalue weighted by Crippen LogP contribution is 2.43. The molecule has 2 aromatic carbocycles. The highest BCUT2D eigenvalue weighted by Gasteiger charge is 2.35. The number of furan rings is 1. The van der Waals surface area contributed by atoms with E-state index in [1.807, 2.05) is 66.7 Å². The molecule has 1 aromatic heterocycles. The van der Waals surface area contributed by atoms with Gasteiger partial charge in [0.05, 0.1) is 13.4 Å². The fourth-order valence-corrected chi connectivity index (χ4v) is 3.24. The van der Waals surface area contributed by atoms with Crippen molar-refractivity contribution in [1.82, 2.24) is 0 Å². The van der Waals surface area contributed by atoms with Crippen LogP contribution in [0, 0.1) is 0 Å². The predicted molar refractivity (Wildman–Crippen MR) is 92.3 cm³/mol. The van der Waals surface area contributed by atoms with E-state index < -0.39 is 0 Å². The van der Waals surface area contributed by atoms with Crippen molar-refractivity contribution in [1.29, 1.82) is 0 Å². The first-order valence-electron chi connectivity index (χ1n) is 7.80. The van der Waals surface area contributed by atoms with Crippen molar-refractivity contribution in [3.05, 3.63) is 95.0 Å². The lowest BCUT2D eigenvalue weighted by Crippen LogP contribution is -2.02. The Balaban J connectivity index is 1.87. The van der Waals surface area contributed by atoms with E-state index in [0.717, 1.165) is 28.0 Å². The Morgan fingerprint density at radius 3 is 2.50 bits per heavy atom. The molecule has 0 aliphatic heterocycles. The summed E-state index contributed by atoms with van der Waals surface area (Å²) in [5.41, 5.74) is 3.59. The Labute approximate surface area is 140 Å². The van der Waals surface area contributed by atoms with Gasteiger partial charge >= 0.3 is 0 Å². The number of ketones is 1. The molecule has 0 saturated heterocycles. The molecule has 118 valence electrons. The molecule has 0 N–H and O–H groups in total. The lowest BCUT2D eigenvalue weighted by Gasteiger charge is -2.14. The molecule has 0 fully saturated rings. The van der Waals surface area contributed by atoms with Crippen molar-refractivity contribution in [3.8, 4) is 5.75 Å². The van der Waals surface area contributed by atoms with Gasteiger partial charge in [0, 0.05) is 17.1 Å². The number of hydrogen-bond acceptors (Lipinski definition) is 3. The number of allylic oxidation sites excluding steroid dienone is 1. The van der Waals surface area contributed by atoms with Crippen LogP contribution in [0.15, 0.2) is 76.9 Å². The van der Waals surface area contributed by atoms with Gasteiger partial charge < -0.3 is 9.15 Å². The summed E-state index contributed by atoms with van der Waals surface area (Å²) in [6.45, 7) is 0. The van der Waals surface area contributed by atoms with E-state index in [9.17, 15) is 4.79 Å². The molecule has 0 spiro atoms. The molecule has 3 aromatic rings. The van der Waals surface area contributed by atoms with E-state index in [-0.39, 0.29) is 11.7 Å². The molecule has 1 aliphatic carbocycles. The zero-order chi connectivity index (χ0) is 16.5. The molecule has 3 heteroatoms. The van der Waals surface area contributed by atoms with Gasteiger partial charge in [-0.3, -0.25) is 4.79 Å². The van der Waals surface area contributed by atoms with Crippen molar-refractivity contribution in [3.63, 3.8) is 0 Å². The van der Waals surface area contributed by atoms with Crippen molar-refractivity contribution in [2.24, 2.45) is 0 Å². The third-order valence-corrected chi connectivity index (χ3v) is 4.38. The van der Waals surface area contributed by atoms with Crippen LogP contribution in [-0.2, 0) is 0 Å². The second-order valence-corrected chi connectivity index (χ2v) is 5.74. The third-order valence-electron chi connectivity index (χ3n) is 4.38. The van der Waals surface area contributed by atoms with Crippen molar-refractivity contribution < 1.29 is 13.9 Å². The fraction of sp³-hybridized carbons (Fsp3) is 0.0952. The van der Waals surface area contributed by atoms with Crippen LogP contribution >= 0.6 is 0 Å². The Kier molecular flexibility index (Phi) is 3.54. The molecule has 1 heterocycles. The summed E-state index contributed by atoms with van der Waals surface area (Å²) in [5.74, 6) is 1.45. The number of methoxy groups -OCH3 is 1. The molecule has 1 aliphatic rings. The Bertz CT molecular complexity index is 903. The van der Waals surface area contributed by atoms with Gasteiger partial charge in [0.2, 0.25) is 0 Å². The van der Waals surface area contributed by atoms with Crippen LogP contribution in [0.3, 0.4) is 0 Å². The van der Waals surface area contributed by atoms with Crippen LogP contribution in [-0.4, -0.2) is 12.9 Å². The summed E-state index contributed by atoms with van der Waals surface area (Å²) in [4.78, 5) is 12.9. The van der Waals surface area contributed by atoms with Crippen molar-refractivity contribution in [2.45, 2.75) is 5.92 Å². The minimum Gasteiger partial charge on any atom is -0.497 e. The van der Waals surface area contributed by atoms with Crippen molar-refractivity contribution in [2.75, 3.05) is 7.11 Å². The highest BCUT2D eigenvalue weighted by atomic mass is 16.5. The largest absolute Gasteiger partial charge is 0.497 e. The first-order chi connectivity index (χ1) is 11.8. The van der Waals surface area contributed by atoms with E-state index in [1.165, 1.54) is 0 Å². The number of carbonyl (C=O) groups is 1. The van der Waals surface area contributed by atoms with Crippen LogP contribution in [0.1, 0.15) is 33.2 Å². The SMILES string of the molecule is COc1ccc(C2/C(=C\c3ccco3)C(=O)c3ccccc32)cc1. The monoisotopic (exact) mass is 316 g/mol. The number of benzene rings is 2. The molecule has 0 amide bonds. The summed E-state index contributed by atoms with van der Waals surface area (Å²) in [5, 5.41) is 0. The average Bonchev–Trinajstić information content (AvgIpc) is 3.23. The Morgan fingerprint density at radius 2 is 1.79 bits per heavy atom. The molecule has 24 heavy (non-hydrogen) atoms. The highest BCUT2D eigenvalue weighted by molar-refractivity contribution is 6.17. The summed E-state index contributed by atoms with van der Waals surface area (Å²) < 4.78 is 10.7. The molecule has 3 nitrogen and oxygen atoms in total. The molecular weight excluding hydrogens is 300 g/mol. The predicted octanol–water partition coefficient (Wildman–Crippen LogP) is 4.70. The number of fused-ring (bicyclic) bond motifs is 1. The quantitative estimate of drug-likeness (QED) is 0.657. The number of rotatable bonds is 3. The Hall–Kier alpha value is -3.07. The van der Waals surface area contributed by atoms with E-state index in [4.69, 9.17) is 9.15 Å². The van der Waals surface area contributed by atoms with Crippen LogP contribution in [0.2, 0.25) is 0 Å². The zero-order valence-corrected chi connectivity index (χ0v) is 13.2. The smallest absolute Gasteiger partial charge is 0.190 e. The number of Topliss-reactive ketones (excluding diaryl/α,β-unsaturated/α-hetero) is 1. The van der Waals surface area contributed by atoms with Crippen LogP contribution < -0.4 is 4.74 Å². The van der Waals surface area contributed by atoms with Gasteiger partial charge in [0.15, 0.2) is 5.78 Å². The minimum atomic E-state index is -0.0929. The molecular formula is C21H16O3. The maximum absolute atomic E-state index is 12.9.